The van der Waals surface area contributed by atoms with Crippen LogP contribution in [-0.4, -0.2) is 33.1 Å². The largest absolute Gasteiger partial charge is 0.484 e. The summed E-state index contributed by atoms with van der Waals surface area (Å²) in [6.07, 6.45) is 3.10. The maximum absolute atomic E-state index is 12.1. The minimum Gasteiger partial charge on any atom is -0.484 e. The molecule has 0 saturated heterocycles. The molecule has 0 saturated carbocycles. The molecule has 0 spiro atoms. The average molecular weight is 364 g/mol. The van der Waals surface area contributed by atoms with E-state index >= 15 is 0 Å². The van der Waals surface area contributed by atoms with Gasteiger partial charge in [-0.25, -0.2) is 9.67 Å². The van der Waals surface area contributed by atoms with Crippen LogP contribution in [0.1, 0.15) is 35.8 Å². The highest BCUT2D eigenvalue weighted by Crippen LogP contribution is 2.16. The summed E-state index contributed by atoms with van der Waals surface area (Å²) in [4.78, 5) is 27.3. The number of benzene rings is 2. The minimum atomic E-state index is -0.224. The third-order valence-corrected chi connectivity index (χ3v) is 4.08. The highest BCUT2D eigenvalue weighted by Gasteiger charge is 2.11. The first kappa shape index (κ1) is 18.3. The van der Waals surface area contributed by atoms with Crippen LogP contribution in [0.5, 0.6) is 5.75 Å². The fourth-order valence-corrected chi connectivity index (χ4v) is 2.56. The summed E-state index contributed by atoms with van der Waals surface area (Å²) in [6, 6.07) is 14.2. The van der Waals surface area contributed by atoms with E-state index in [-0.39, 0.29) is 24.3 Å². The lowest BCUT2D eigenvalue weighted by Crippen LogP contribution is -2.31. The SMILES string of the molecule is CC(=O)c1ccc(OCC(=O)N[C@H](C)c2ccc(-n3cncn3)cc2)cc1. The second-order valence-electron chi connectivity index (χ2n) is 6.09. The molecular weight excluding hydrogens is 344 g/mol. The summed E-state index contributed by atoms with van der Waals surface area (Å²) in [5.74, 6) is 0.307. The Hall–Kier alpha value is -3.48. The Kier molecular flexibility index (Phi) is 5.61. The third-order valence-electron chi connectivity index (χ3n) is 4.08. The molecule has 0 unspecified atom stereocenters. The molecule has 0 radical (unpaired) electrons. The summed E-state index contributed by atoms with van der Waals surface area (Å²) < 4.78 is 7.13. The number of ether oxygens (including phenoxy) is 1. The van der Waals surface area contributed by atoms with E-state index < -0.39 is 0 Å². The second-order valence-corrected chi connectivity index (χ2v) is 6.09. The smallest absolute Gasteiger partial charge is 0.258 e. The molecule has 0 fully saturated rings. The van der Waals surface area contributed by atoms with Crippen molar-refractivity contribution < 1.29 is 14.3 Å². The topological polar surface area (TPSA) is 86.1 Å². The van der Waals surface area contributed by atoms with E-state index in [0.717, 1.165) is 11.3 Å². The number of carbonyl (C=O) groups excluding carboxylic acids is 2. The van der Waals surface area contributed by atoms with Crippen LogP contribution >= 0.6 is 0 Å². The normalized spacial score (nSPS) is 11.6. The van der Waals surface area contributed by atoms with Crippen LogP contribution in [0.3, 0.4) is 0 Å². The molecule has 0 aliphatic carbocycles. The number of carbonyl (C=O) groups is 2. The van der Waals surface area contributed by atoms with Gasteiger partial charge in [-0.15, -0.1) is 0 Å². The molecule has 27 heavy (non-hydrogen) atoms. The predicted octanol–water partition coefficient (Wildman–Crippen LogP) is 2.73. The summed E-state index contributed by atoms with van der Waals surface area (Å²) >= 11 is 0. The van der Waals surface area contributed by atoms with Gasteiger partial charge in [-0.1, -0.05) is 12.1 Å². The molecule has 1 amide bonds. The second kappa shape index (κ2) is 8.27. The Balaban J connectivity index is 1.52. The standard InChI is InChI=1S/C20H20N4O3/c1-14(16-3-7-18(8-4-16)24-13-21-12-22-24)23-20(26)11-27-19-9-5-17(6-10-19)15(2)25/h3-10,12-14H,11H2,1-2H3,(H,23,26)/t14-/m1/s1. The Bertz CT molecular complexity index is 903. The number of nitrogens with zero attached hydrogens (tertiary/aromatic N) is 3. The number of hydrogen-bond donors (Lipinski definition) is 1. The van der Waals surface area contributed by atoms with Crippen LogP contribution in [-0.2, 0) is 4.79 Å². The monoisotopic (exact) mass is 364 g/mol. The lowest BCUT2D eigenvalue weighted by Gasteiger charge is -2.15. The summed E-state index contributed by atoms with van der Waals surface area (Å²) in [6.45, 7) is 3.31. The molecule has 1 aromatic heterocycles. The van der Waals surface area contributed by atoms with Crippen LogP contribution in [0.4, 0.5) is 0 Å². The van der Waals surface area contributed by atoms with Gasteiger partial charge in [-0.05, 0) is 55.8 Å². The summed E-state index contributed by atoms with van der Waals surface area (Å²) in [5.41, 5.74) is 2.47. The Morgan fingerprint density at radius 3 is 2.41 bits per heavy atom. The van der Waals surface area contributed by atoms with Crippen molar-refractivity contribution in [3.05, 3.63) is 72.3 Å². The number of ketones is 1. The van der Waals surface area contributed by atoms with Gasteiger partial charge in [0.25, 0.3) is 5.91 Å². The van der Waals surface area contributed by atoms with Crippen molar-refractivity contribution in [2.45, 2.75) is 19.9 Å². The lowest BCUT2D eigenvalue weighted by atomic mass is 10.1. The molecule has 3 aromatic rings. The number of nitrogens with one attached hydrogen (secondary N) is 1. The van der Waals surface area contributed by atoms with Crippen molar-refractivity contribution in [3.63, 3.8) is 0 Å². The van der Waals surface area contributed by atoms with Crippen molar-refractivity contribution in [2.24, 2.45) is 0 Å². The molecule has 1 N–H and O–H groups in total. The lowest BCUT2D eigenvalue weighted by molar-refractivity contribution is -0.123. The van der Waals surface area contributed by atoms with Gasteiger partial charge < -0.3 is 10.1 Å². The Labute approximate surface area is 157 Å². The predicted molar refractivity (Wildman–Crippen MR) is 99.9 cm³/mol. The van der Waals surface area contributed by atoms with Crippen molar-refractivity contribution in [1.82, 2.24) is 20.1 Å². The van der Waals surface area contributed by atoms with Crippen LogP contribution in [0, 0.1) is 0 Å². The number of amides is 1. The highest BCUT2D eigenvalue weighted by molar-refractivity contribution is 5.94. The molecule has 0 bridgehead atoms. The van der Waals surface area contributed by atoms with Gasteiger partial charge in [0.15, 0.2) is 12.4 Å². The van der Waals surface area contributed by atoms with Gasteiger partial charge in [-0.2, -0.15) is 5.10 Å². The van der Waals surface area contributed by atoms with Crippen LogP contribution in [0.15, 0.2) is 61.2 Å². The van der Waals surface area contributed by atoms with E-state index in [4.69, 9.17) is 4.74 Å². The molecule has 7 heteroatoms. The third kappa shape index (κ3) is 4.78. The van der Waals surface area contributed by atoms with Gasteiger partial charge in [0, 0.05) is 5.56 Å². The summed E-state index contributed by atoms with van der Waals surface area (Å²) in [5, 5.41) is 6.98. The van der Waals surface area contributed by atoms with Crippen LogP contribution in [0.25, 0.3) is 5.69 Å². The van der Waals surface area contributed by atoms with Gasteiger partial charge in [0.1, 0.15) is 18.4 Å². The van der Waals surface area contributed by atoms with E-state index in [2.05, 4.69) is 15.4 Å². The first-order valence-electron chi connectivity index (χ1n) is 8.51. The van der Waals surface area contributed by atoms with E-state index in [1.807, 2.05) is 31.2 Å². The molecule has 7 nitrogen and oxygen atoms in total. The molecular formula is C20H20N4O3. The van der Waals surface area contributed by atoms with Crippen molar-refractivity contribution in [2.75, 3.05) is 6.61 Å². The molecule has 3 rings (SSSR count). The average Bonchev–Trinajstić information content (AvgIpc) is 3.21. The van der Waals surface area contributed by atoms with Crippen LogP contribution < -0.4 is 10.1 Å². The Morgan fingerprint density at radius 1 is 1.11 bits per heavy atom. The van der Waals surface area contributed by atoms with Crippen molar-refractivity contribution >= 4 is 11.7 Å². The van der Waals surface area contributed by atoms with Crippen LogP contribution in [0.2, 0.25) is 0 Å². The number of rotatable bonds is 7. The van der Waals surface area contributed by atoms with Gasteiger partial charge in [0.2, 0.25) is 0 Å². The number of hydrogen-bond acceptors (Lipinski definition) is 5. The molecule has 138 valence electrons. The molecule has 0 aliphatic rings. The zero-order valence-electron chi connectivity index (χ0n) is 15.1. The molecule has 0 aliphatic heterocycles. The van der Waals surface area contributed by atoms with E-state index in [1.165, 1.54) is 13.3 Å². The molecule has 2 aromatic carbocycles. The fourth-order valence-electron chi connectivity index (χ4n) is 2.56. The highest BCUT2D eigenvalue weighted by atomic mass is 16.5. The zero-order valence-corrected chi connectivity index (χ0v) is 15.1. The Morgan fingerprint density at radius 2 is 1.81 bits per heavy atom. The van der Waals surface area contributed by atoms with Crippen molar-refractivity contribution in [1.29, 1.82) is 0 Å². The maximum atomic E-state index is 12.1. The van der Waals surface area contributed by atoms with Gasteiger partial charge in [0.05, 0.1) is 11.7 Å². The molecule has 1 atom stereocenters. The number of aromatic nitrogens is 3. The summed E-state index contributed by atoms with van der Waals surface area (Å²) in [7, 11) is 0. The van der Waals surface area contributed by atoms with Gasteiger partial charge in [-0.3, -0.25) is 9.59 Å². The minimum absolute atomic E-state index is 0.0112. The fraction of sp³-hybridized carbons (Fsp3) is 0.200. The molecule has 1 heterocycles. The van der Waals surface area contributed by atoms with Gasteiger partial charge >= 0.3 is 0 Å². The zero-order chi connectivity index (χ0) is 19.2. The first-order chi connectivity index (χ1) is 13.0. The van der Waals surface area contributed by atoms with E-state index in [0.29, 0.717) is 11.3 Å². The quantitative estimate of drug-likeness (QED) is 0.652. The van der Waals surface area contributed by atoms with E-state index in [9.17, 15) is 9.59 Å². The number of Topliss-reactive ketones (excluding diaryl/α,β-unsaturated/α-hetero) is 1. The van der Waals surface area contributed by atoms with Crippen molar-refractivity contribution in [3.8, 4) is 11.4 Å². The first-order valence-corrected chi connectivity index (χ1v) is 8.51. The maximum Gasteiger partial charge on any atom is 0.258 e. The van der Waals surface area contributed by atoms with E-state index in [1.54, 1.807) is 35.3 Å².